The zero-order valence-electron chi connectivity index (χ0n) is 12.5. The summed E-state index contributed by atoms with van der Waals surface area (Å²) >= 11 is 1.31. The van der Waals surface area contributed by atoms with Gasteiger partial charge in [0.2, 0.25) is 0 Å². The van der Waals surface area contributed by atoms with Gasteiger partial charge in [-0.15, -0.1) is 11.3 Å². The SMILES string of the molecule is Cc1c(C(=O)N2CCOCC2CC(=O)O)sc2ccc(F)cc12. The molecule has 23 heavy (non-hydrogen) atoms. The van der Waals surface area contributed by atoms with E-state index in [2.05, 4.69) is 0 Å². The number of hydrogen-bond donors (Lipinski definition) is 1. The third kappa shape index (κ3) is 3.07. The molecule has 1 aliphatic heterocycles. The second-order valence-corrected chi connectivity index (χ2v) is 6.57. The Balaban J connectivity index is 1.95. The van der Waals surface area contributed by atoms with Crippen molar-refractivity contribution in [1.29, 1.82) is 0 Å². The molecule has 1 aliphatic rings. The molecule has 0 aliphatic carbocycles. The lowest BCUT2D eigenvalue weighted by Gasteiger charge is -2.34. The first kappa shape index (κ1) is 15.9. The molecule has 0 spiro atoms. The lowest BCUT2D eigenvalue weighted by atomic mass is 10.1. The van der Waals surface area contributed by atoms with E-state index in [1.165, 1.54) is 23.5 Å². The minimum atomic E-state index is -0.964. The number of carboxylic acid groups (broad SMARTS) is 1. The molecule has 1 atom stereocenters. The van der Waals surface area contributed by atoms with Crippen LogP contribution in [0, 0.1) is 12.7 Å². The van der Waals surface area contributed by atoms with Crippen LogP contribution in [0.4, 0.5) is 4.39 Å². The van der Waals surface area contributed by atoms with Gasteiger partial charge in [0.15, 0.2) is 0 Å². The van der Waals surface area contributed by atoms with Gasteiger partial charge >= 0.3 is 5.97 Å². The Hall–Kier alpha value is -1.99. The van der Waals surface area contributed by atoms with Gasteiger partial charge in [-0.2, -0.15) is 0 Å². The van der Waals surface area contributed by atoms with Gasteiger partial charge in [0.05, 0.1) is 30.6 Å². The molecule has 1 fully saturated rings. The van der Waals surface area contributed by atoms with Crippen molar-refractivity contribution in [2.75, 3.05) is 19.8 Å². The number of carbonyl (C=O) groups is 2. The van der Waals surface area contributed by atoms with Crippen LogP contribution in [0.1, 0.15) is 21.7 Å². The fourth-order valence-electron chi connectivity index (χ4n) is 2.82. The van der Waals surface area contributed by atoms with Crippen molar-refractivity contribution in [2.24, 2.45) is 0 Å². The average Bonchev–Trinajstić information content (AvgIpc) is 2.83. The number of halogens is 1. The maximum absolute atomic E-state index is 13.4. The highest BCUT2D eigenvalue weighted by Crippen LogP contribution is 2.33. The van der Waals surface area contributed by atoms with Crippen molar-refractivity contribution in [3.05, 3.63) is 34.5 Å². The van der Waals surface area contributed by atoms with Crippen LogP contribution in [0.5, 0.6) is 0 Å². The molecule has 2 aromatic rings. The molecular weight excluding hydrogens is 321 g/mol. The minimum absolute atomic E-state index is 0.149. The van der Waals surface area contributed by atoms with Crippen LogP contribution in [-0.2, 0) is 9.53 Å². The highest BCUT2D eigenvalue weighted by atomic mass is 32.1. The number of ether oxygens (including phenoxy) is 1. The summed E-state index contributed by atoms with van der Waals surface area (Å²) in [7, 11) is 0. The van der Waals surface area contributed by atoms with Gasteiger partial charge in [0, 0.05) is 11.2 Å². The summed E-state index contributed by atoms with van der Waals surface area (Å²) in [6, 6.07) is 3.98. The maximum atomic E-state index is 13.4. The zero-order chi connectivity index (χ0) is 16.6. The number of nitrogens with zero attached hydrogens (tertiary/aromatic N) is 1. The number of rotatable bonds is 3. The lowest BCUT2D eigenvalue weighted by molar-refractivity contribution is -0.139. The second-order valence-electron chi connectivity index (χ2n) is 5.52. The molecule has 1 N–H and O–H groups in total. The van der Waals surface area contributed by atoms with Gasteiger partial charge in [-0.3, -0.25) is 9.59 Å². The minimum Gasteiger partial charge on any atom is -0.481 e. The molecule has 2 heterocycles. The van der Waals surface area contributed by atoms with Gasteiger partial charge in [-0.1, -0.05) is 0 Å². The molecule has 1 amide bonds. The summed E-state index contributed by atoms with van der Waals surface area (Å²) in [6.07, 6.45) is -0.149. The van der Waals surface area contributed by atoms with E-state index < -0.39 is 12.0 Å². The molecule has 1 aromatic heterocycles. The third-order valence-electron chi connectivity index (χ3n) is 3.99. The zero-order valence-corrected chi connectivity index (χ0v) is 13.4. The average molecular weight is 337 g/mol. The standard InChI is InChI=1S/C16H16FNO4S/c1-9-12-6-10(17)2-3-13(12)23-15(9)16(21)18-4-5-22-8-11(18)7-14(19)20/h2-3,6,11H,4-5,7-8H2,1H3,(H,19,20). The lowest BCUT2D eigenvalue weighted by Crippen LogP contribution is -2.49. The monoisotopic (exact) mass is 337 g/mol. The van der Waals surface area contributed by atoms with Crippen LogP contribution in [0.3, 0.4) is 0 Å². The van der Waals surface area contributed by atoms with Crippen LogP contribution in [0.25, 0.3) is 10.1 Å². The first-order chi connectivity index (χ1) is 11.0. The molecule has 0 radical (unpaired) electrons. The normalized spacial score (nSPS) is 18.3. The summed E-state index contributed by atoms with van der Waals surface area (Å²) in [5, 5.41) is 9.73. The Bertz CT molecular complexity index is 773. The first-order valence-electron chi connectivity index (χ1n) is 7.26. The third-order valence-corrected chi connectivity index (χ3v) is 5.25. The van der Waals surface area contributed by atoms with Crippen LogP contribution in [0.15, 0.2) is 18.2 Å². The molecule has 7 heteroatoms. The Morgan fingerprint density at radius 3 is 3.00 bits per heavy atom. The molecule has 1 unspecified atom stereocenters. The van der Waals surface area contributed by atoms with E-state index in [0.29, 0.717) is 18.0 Å². The smallest absolute Gasteiger partial charge is 0.305 e. The molecular formula is C16H16FNO4S. The van der Waals surface area contributed by atoms with E-state index in [-0.39, 0.29) is 24.8 Å². The largest absolute Gasteiger partial charge is 0.481 e. The number of morpholine rings is 1. The fraction of sp³-hybridized carbons (Fsp3) is 0.375. The number of aliphatic carboxylic acids is 1. The summed E-state index contributed by atoms with van der Waals surface area (Å²) in [6.45, 7) is 2.76. The molecule has 1 saturated heterocycles. The number of amides is 1. The molecule has 0 saturated carbocycles. The quantitative estimate of drug-likeness (QED) is 0.935. The van der Waals surface area contributed by atoms with E-state index in [4.69, 9.17) is 9.84 Å². The Labute approximate surface area is 136 Å². The van der Waals surface area contributed by atoms with Crippen molar-refractivity contribution in [2.45, 2.75) is 19.4 Å². The highest BCUT2D eigenvalue weighted by Gasteiger charge is 2.31. The number of benzene rings is 1. The van der Waals surface area contributed by atoms with E-state index in [0.717, 1.165) is 15.6 Å². The summed E-state index contributed by atoms with van der Waals surface area (Å²) in [5.74, 6) is -1.51. The molecule has 1 aromatic carbocycles. The predicted molar refractivity (Wildman–Crippen MR) is 84.4 cm³/mol. The van der Waals surface area contributed by atoms with E-state index >= 15 is 0 Å². The molecule has 3 rings (SSSR count). The Kier molecular flexibility index (Phi) is 4.32. The van der Waals surface area contributed by atoms with Crippen molar-refractivity contribution in [1.82, 2.24) is 4.90 Å². The Morgan fingerprint density at radius 1 is 1.48 bits per heavy atom. The predicted octanol–water partition coefficient (Wildman–Crippen LogP) is 2.66. The van der Waals surface area contributed by atoms with E-state index in [9.17, 15) is 14.0 Å². The topological polar surface area (TPSA) is 66.8 Å². The molecule has 0 bridgehead atoms. The number of thiophene rings is 1. The van der Waals surface area contributed by atoms with Crippen LogP contribution >= 0.6 is 11.3 Å². The van der Waals surface area contributed by atoms with Crippen molar-refractivity contribution < 1.29 is 23.8 Å². The number of carbonyl (C=O) groups excluding carboxylic acids is 1. The van der Waals surface area contributed by atoms with Gasteiger partial charge in [-0.05, 0) is 36.1 Å². The van der Waals surface area contributed by atoms with Crippen LogP contribution in [0.2, 0.25) is 0 Å². The number of aryl methyl sites for hydroxylation is 1. The van der Waals surface area contributed by atoms with Crippen LogP contribution < -0.4 is 0 Å². The fourth-order valence-corrected chi connectivity index (χ4v) is 3.97. The number of hydrogen-bond acceptors (Lipinski definition) is 4. The van der Waals surface area contributed by atoms with Crippen molar-refractivity contribution >= 4 is 33.3 Å². The number of fused-ring (bicyclic) bond motifs is 1. The maximum Gasteiger partial charge on any atom is 0.305 e. The van der Waals surface area contributed by atoms with E-state index in [1.807, 2.05) is 0 Å². The van der Waals surface area contributed by atoms with E-state index in [1.54, 1.807) is 17.9 Å². The van der Waals surface area contributed by atoms with Crippen molar-refractivity contribution in [3.63, 3.8) is 0 Å². The van der Waals surface area contributed by atoms with Crippen molar-refractivity contribution in [3.8, 4) is 0 Å². The summed E-state index contributed by atoms with van der Waals surface area (Å²) in [5.41, 5.74) is 0.732. The highest BCUT2D eigenvalue weighted by molar-refractivity contribution is 7.21. The molecule has 122 valence electrons. The van der Waals surface area contributed by atoms with Gasteiger partial charge in [-0.25, -0.2) is 4.39 Å². The van der Waals surface area contributed by atoms with Gasteiger partial charge in [0.25, 0.3) is 5.91 Å². The first-order valence-corrected chi connectivity index (χ1v) is 8.08. The number of carboxylic acids is 1. The Morgan fingerprint density at radius 2 is 2.26 bits per heavy atom. The molecule has 5 nitrogen and oxygen atoms in total. The van der Waals surface area contributed by atoms with Crippen LogP contribution in [-0.4, -0.2) is 47.7 Å². The van der Waals surface area contributed by atoms with Gasteiger partial charge in [0.1, 0.15) is 5.82 Å². The second kappa shape index (κ2) is 6.25. The summed E-state index contributed by atoms with van der Waals surface area (Å²) in [4.78, 5) is 25.9. The summed E-state index contributed by atoms with van der Waals surface area (Å²) < 4.78 is 19.6. The van der Waals surface area contributed by atoms with Gasteiger partial charge < -0.3 is 14.7 Å².